The molecule has 0 aromatic heterocycles. The molecule has 0 heterocycles. The van der Waals surface area contributed by atoms with Crippen LogP contribution in [0.3, 0.4) is 0 Å². The van der Waals surface area contributed by atoms with Crippen LogP contribution in [0.1, 0.15) is 15.9 Å². The Morgan fingerprint density at radius 3 is 2.24 bits per heavy atom. The monoisotopic (exact) mass is 422 g/mol. The number of rotatable bonds is 2. The van der Waals surface area contributed by atoms with E-state index < -0.39 is 46.6 Å². The molecule has 0 aliphatic heterocycles. The highest BCUT2D eigenvalue weighted by Gasteiger charge is 2.35. The predicted octanol–water partition coefficient (Wildman–Crippen LogP) is 4.71. The molecule has 0 atom stereocenters. The highest BCUT2D eigenvalue weighted by Crippen LogP contribution is 2.36. The topological polar surface area (TPSA) is 58.2 Å². The van der Waals surface area contributed by atoms with Crippen LogP contribution in [0.5, 0.6) is 0 Å². The summed E-state index contributed by atoms with van der Waals surface area (Å²) in [6, 6.07) is 4.49. The van der Waals surface area contributed by atoms with E-state index in [0.717, 1.165) is 12.1 Å². The number of carbonyl (C=O) groups is 2. The lowest BCUT2D eigenvalue weighted by Crippen LogP contribution is -2.35. The molecule has 2 N–H and O–H groups in total. The zero-order valence-electron chi connectivity index (χ0n) is 12.0. The van der Waals surface area contributed by atoms with E-state index in [1.165, 1.54) is 12.1 Å². The number of nitrogens with one attached hydrogen (secondary N) is 2. The predicted molar refractivity (Wildman–Crippen MR) is 82.0 cm³/mol. The minimum Gasteiger partial charge on any atom is -0.307 e. The smallest absolute Gasteiger partial charge is 0.307 e. The summed E-state index contributed by atoms with van der Waals surface area (Å²) in [5.41, 5.74) is -2.44. The summed E-state index contributed by atoms with van der Waals surface area (Å²) in [5.74, 6) is -3.51. The van der Waals surface area contributed by atoms with E-state index in [9.17, 15) is 31.5 Å². The van der Waals surface area contributed by atoms with Crippen molar-refractivity contribution in [2.24, 2.45) is 0 Å². The number of carbonyl (C=O) groups excluding carboxylic acids is 2. The first-order valence-electron chi connectivity index (χ1n) is 6.52. The standard InChI is InChI=1S/C15H8BrF5N2O2/c16-9-6-11(18)8(15(19,20)21)5-12(9)22-14(25)23-13(24)7-3-1-2-4-10(7)17/h1-6H,(H2,22,23,24,25). The van der Waals surface area contributed by atoms with Gasteiger partial charge in [-0.25, -0.2) is 13.6 Å². The van der Waals surface area contributed by atoms with E-state index in [1.807, 2.05) is 5.32 Å². The lowest BCUT2D eigenvalue weighted by molar-refractivity contribution is -0.139. The number of benzene rings is 2. The Labute approximate surface area is 146 Å². The first kappa shape index (κ1) is 18.8. The quantitative estimate of drug-likeness (QED) is 0.688. The molecule has 0 unspecified atom stereocenters. The van der Waals surface area contributed by atoms with Gasteiger partial charge in [0.2, 0.25) is 0 Å². The summed E-state index contributed by atoms with van der Waals surface area (Å²) in [6.07, 6.45) is -4.97. The number of hydrogen-bond acceptors (Lipinski definition) is 2. The number of amides is 3. The maximum absolute atomic E-state index is 13.4. The number of anilines is 1. The average molecular weight is 423 g/mol. The van der Waals surface area contributed by atoms with Crippen molar-refractivity contribution in [2.75, 3.05) is 5.32 Å². The number of alkyl halides is 3. The van der Waals surface area contributed by atoms with Crippen LogP contribution in [0.4, 0.5) is 32.4 Å². The number of imide groups is 1. The van der Waals surface area contributed by atoms with E-state index in [2.05, 4.69) is 15.9 Å². The number of urea groups is 1. The molecule has 0 aliphatic rings. The lowest BCUT2D eigenvalue weighted by Gasteiger charge is -2.13. The van der Waals surface area contributed by atoms with Crippen LogP contribution in [-0.4, -0.2) is 11.9 Å². The molecule has 2 rings (SSSR count). The molecule has 10 heteroatoms. The SMILES string of the molecule is O=C(NC(=O)c1ccccc1F)Nc1cc(C(F)(F)F)c(F)cc1Br. The van der Waals surface area contributed by atoms with Crippen molar-refractivity contribution in [2.45, 2.75) is 6.18 Å². The van der Waals surface area contributed by atoms with Gasteiger partial charge in [0, 0.05) is 4.47 Å². The van der Waals surface area contributed by atoms with Crippen LogP contribution in [-0.2, 0) is 6.18 Å². The van der Waals surface area contributed by atoms with Crippen molar-refractivity contribution in [1.29, 1.82) is 0 Å². The molecule has 132 valence electrons. The Morgan fingerprint density at radius 2 is 1.64 bits per heavy atom. The molecule has 0 spiro atoms. The van der Waals surface area contributed by atoms with Gasteiger partial charge < -0.3 is 5.32 Å². The summed E-state index contributed by atoms with van der Waals surface area (Å²) in [6.45, 7) is 0. The van der Waals surface area contributed by atoms with Gasteiger partial charge in [-0.15, -0.1) is 0 Å². The highest BCUT2D eigenvalue weighted by atomic mass is 79.9. The molecule has 0 fully saturated rings. The van der Waals surface area contributed by atoms with Crippen molar-refractivity contribution >= 4 is 33.6 Å². The zero-order valence-corrected chi connectivity index (χ0v) is 13.6. The van der Waals surface area contributed by atoms with Crippen molar-refractivity contribution in [1.82, 2.24) is 5.32 Å². The Bertz CT molecular complexity index is 839. The molecule has 0 radical (unpaired) electrons. The second kappa shape index (κ2) is 7.18. The second-order valence-corrected chi connectivity index (χ2v) is 5.55. The molecule has 0 saturated heterocycles. The molecule has 0 bridgehead atoms. The van der Waals surface area contributed by atoms with Gasteiger partial charge in [0.15, 0.2) is 0 Å². The molecule has 2 aromatic carbocycles. The van der Waals surface area contributed by atoms with Crippen molar-refractivity contribution in [3.8, 4) is 0 Å². The summed E-state index contributed by atoms with van der Waals surface area (Å²) in [5, 5.41) is 3.72. The fourth-order valence-corrected chi connectivity index (χ4v) is 2.25. The minimum atomic E-state index is -4.97. The number of halogens is 6. The summed E-state index contributed by atoms with van der Waals surface area (Å²) in [7, 11) is 0. The molecular formula is C15H8BrF5N2O2. The fraction of sp³-hybridized carbons (Fsp3) is 0.0667. The van der Waals surface area contributed by atoms with E-state index >= 15 is 0 Å². The van der Waals surface area contributed by atoms with E-state index in [-0.39, 0.29) is 4.47 Å². The van der Waals surface area contributed by atoms with Gasteiger partial charge in [-0.2, -0.15) is 13.2 Å². The van der Waals surface area contributed by atoms with Gasteiger partial charge >= 0.3 is 12.2 Å². The second-order valence-electron chi connectivity index (χ2n) is 4.70. The molecule has 0 saturated carbocycles. The zero-order chi connectivity index (χ0) is 18.8. The third-order valence-electron chi connectivity index (χ3n) is 2.96. The molecule has 25 heavy (non-hydrogen) atoms. The maximum atomic E-state index is 13.4. The van der Waals surface area contributed by atoms with Crippen LogP contribution in [0.2, 0.25) is 0 Å². The maximum Gasteiger partial charge on any atom is 0.419 e. The Kier molecular flexibility index (Phi) is 5.41. The minimum absolute atomic E-state index is 0.175. The van der Waals surface area contributed by atoms with Crippen LogP contribution in [0.15, 0.2) is 40.9 Å². The molecule has 2 aromatic rings. The third kappa shape index (κ3) is 4.53. The van der Waals surface area contributed by atoms with Gasteiger partial charge in [-0.3, -0.25) is 10.1 Å². The van der Waals surface area contributed by atoms with Crippen molar-refractivity contribution in [3.63, 3.8) is 0 Å². The van der Waals surface area contributed by atoms with Gasteiger partial charge in [0.1, 0.15) is 11.6 Å². The van der Waals surface area contributed by atoms with Crippen molar-refractivity contribution in [3.05, 3.63) is 63.6 Å². The van der Waals surface area contributed by atoms with Crippen LogP contribution in [0.25, 0.3) is 0 Å². The van der Waals surface area contributed by atoms with Crippen LogP contribution >= 0.6 is 15.9 Å². The first-order valence-corrected chi connectivity index (χ1v) is 7.32. The Balaban J connectivity index is 2.18. The van der Waals surface area contributed by atoms with Gasteiger partial charge in [0.05, 0.1) is 16.8 Å². The largest absolute Gasteiger partial charge is 0.419 e. The Morgan fingerprint density at radius 1 is 1.00 bits per heavy atom. The highest BCUT2D eigenvalue weighted by molar-refractivity contribution is 9.10. The van der Waals surface area contributed by atoms with E-state index in [4.69, 9.17) is 0 Å². The normalized spacial score (nSPS) is 11.1. The lowest BCUT2D eigenvalue weighted by atomic mass is 10.2. The fourth-order valence-electron chi connectivity index (χ4n) is 1.83. The molecular weight excluding hydrogens is 415 g/mol. The number of hydrogen-bond donors (Lipinski definition) is 2. The van der Waals surface area contributed by atoms with Crippen LogP contribution < -0.4 is 10.6 Å². The molecule has 4 nitrogen and oxygen atoms in total. The Hall–Kier alpha value is -2.49. The van der Waals surface area contributed by atoms with Gasteiger partial charge in [0.25, 0.3) is 5.91 Å². The van der Waals surface area contributed by atoms with E-state index in [1.54, 1.807) is 5.32 Å². The first-order chi connectivity index (χ1) is 11.6. The average Bonchev–Trinajstić information content (AvgIpc) is 2.49. The summed E-state index contributed by atoms with van der Waals surface area (Å²) in [4.78, 5) is 23.5. The summed E-state index contributed by atoms with van der Waals surface area (Å²) < 4.78 is 64.7. The van der Waals surface area contributed by atoms with Gasteiger partial charge in [-0.05, 0) is 40.2 Å². The van der Waals surface area contributed by atoms with Crippen molar-refractivity contribution < 1.29 is 31.5 Å². The van der Waals surface area contributed by atoms with Crippen LogP contribution in [0, 0.1) is 11.6 Å². The summed E-state index contributed by atoms with van der Waals surface area (Å²) >= 11 is 2.80. The third-order valence-corrected chi connectivity index (χ3v) is 3.61. The van der Waals surface area contributed by atoms with Gasteiger partial charge in [-0.1, -0.05) is 12.1 Å². The van der Waals surface area contributed by atoms with E-state index in [0.29, 0.717) is 12.1 Å². The molecule has 3 amide bonds. The molecule has 0 aliphatic carbocycles.